The Kier molecular flexibility index (Phi) is 6.92. The van der Waals surface area contributed by atoms with Crippen LogP contribution >= 0.6 is 0 Å². The zero-order valence-electron chi connectivity index (χ0n) is 13.5. The van der Waals surface area contributed by atoms with E-state index in [0.717, 1.165) is 39.1 Å². The smallest absolute Gasteiger partial charge is 0.325 e. The molecule has 1 fully saturated rings. The van der Waals surface area contributed by atoms with Gasteiger partial charge in [0.1, 0.15) is 5.54 Å². The van der Waals surface area contributed by atoms with Crippen molar-refractivity contribution in [3.05, 3.63) is 0 Å². The van der Waals surface area contributed by atoms with Crippen LogP contribution < -0.4 is 5.73 Å². The molecule has 0 spiro atoms. The summed E-state index contributed by atoms with van der Waals surface area (Å²) >= 11 is 0. The molecule has 2 N–H and O–H groups in total. The number of nitrogens with zero attached hydrogens (tertiary/aromatic N) is 2. The van der Waals surface area contributed by atoms with E-state index in [1.54, 1.807) is 6.92 Å². The second-order valence-electron chi connectivity index (χ2n) is 6.02. The van der Waals surface area contributed by atoms with Gasteiger partial charge in [-0.15, -0.1) is 0 Å². The third-order valence-electron chi connectivity index (χ3n) is 4.17. The van der Waals surface area contributed by atoms with Crippen molar-refractivity contribution < 1.29 is 9.53 Å². The van der Waals surface area contributed by atoms with Gasteiger partial charge in [0.05, 0.1) is 6.61 Å². The van der Waals surface area contributed by atoms with E-state index >= 15 is 0 Å². The Morgan fingerprint density at radius 2 is 2.10 bits per heavy atom. The van der Waals surface area contributed by atoms with E-state index in [-0.39, 0.29) is 5.97 Å². The Morgan fingerprint density at radius 3 is 2.65 bits per heavy atom. The van der Waals surface area contributed by atoms with Gasteiger partial charge in [-0.25, -0.2) is 0 Å². The topological polar surface area (TPSA) is 58.8 Å². The van der Waals surface area contributed by atoms with Crippen LogP contribution in [0.25, 0.3) is 0 Å². The molecule has 5 nitrogen and oxygen atoms in total. The van der Waals surface area contributed by atoms with Crippen LogP contribution in [0.1, 0.15) is 40.5 Å². The molecule has 0 bridgehead atoms. The number of carbonyl (C=O) groups excluding carboxylic acids is 1. The van der Waals surface area contributed by atoms with Crippen LogP contribution in [0.15, 0.2) is 0 Å². The number of hydrogen-bond acceptors (Lipinski definition) is 5. The van der Waals surface area contributed by atoms with E-state index in [2.05, 4.69) is 23.6 Å². The molecule has 1 aliphatic rings. The summed E-state index contributed by atoms with van der Waals surface area (Å²) in [5.74, 6) is -0.288. The summed E-state index contributed by atoms with van der Waals surface area (Å²) in [5, 5.41) is 0. The van der Waals surface area contributed by atoms with Crippen molar-refractivity contribution >= 4 is 5.97 Å². The molecule has 0 saturated carbocycles. The molecular weight excluding hydrogens is 254 g/mol. The molecule has 1 rings (SSSR count). The lowest BCUT2D eigenvalue weighted by Crippen LogP contribution is -2.52. The predicted octanol–water partition coefficient (Wildman–Crippen LogP) is 1.07. The fraction of sp³-hybridized carbons (Fsp3) is 0.933. The Hall–Kier alpha value is -0.650. The average molecular weight is 285 g/mol. The summed E-state index contributed by atoms with van der Waals surface area (Å²) in [6, 6.07) is 0.614. The van der Waals surface area contributed by atoms with E-state index in [0.29, 0.717) is 19.1 Å². The first-order chi connectivity index (χ1) is 9.40. The van der Waals surface area contributed by atoms with E-state index < -0.39 is 5.54 Å². The van der Waals surface area contributed by atoms with E-state index in [1.165, 1.54) is 0 Å². The lowest BCUT2D eigenvalue weighted by Gasteiger charge is -2.39. The quantitative estimate of drug-likeness (QED) is 0.709. The van der Waals surface area contributed by atoms with E-state index in [4.69, 9.17) is 10.5 Å². The minimum absolute atomic E-state index is 0.288. The Morgan fingerprint density at radius 1 is 1.40 bits per heavy atom. The number of rotatable bonds is 7. The second-order valence-corrected chi connectivity index (χ2v) is 6.02. The highest BCUT2D eigenvalue weighted by molar-refractivity contribution is 5.79. The maximum atomic E-state index is 11.7. The Labute approximate surface area is 123 Å². The lowest BCUT2D eigenvalue weighted by atomic mass is 9.97. The molecule has 2 unspecified atom stereocenters. The van der Waals surface area contributed by atoms with Crippen LogP contribution in [0.2, 0.25) is 0 Å². The summed E-state index contributed by atoms with van der Waals surface area (Å²) < 4.78 is 5.01. The third-order valence-corrected chi connectivity index (χ3v) is 4.17. The Bertz CT molecular complexity index is 307. The van der Waals surface area contributed by atoms with Gasteiger partial charge in [0.2, 0.25) is 0 Å². The van der Waals surface area contributed by atoms with Gasteiger partial charge in [-0.1, -0.05) is 6.92 Å². The number of ether oxygens (including phenoxy) is 1. The first-order valence-corrected chi connectivity index (χ1v) is 7.83. The molecule has 1 heterocycles. The van der Waals surface area contributed by atoms with Crippen LogP contribution in [0.4, 0.5) is 0 Å². The summed E-state index contributed by atoms with van der Waals surface area (Å²) in [5.41, 5.74) is 5.18. The molecule has 20 heavy (non-hydrogen) atoms. The Balaban J connectivity index is 2.29. The largest absolute Gasteiger partial charge is 0.465 e. The normalized spacial score (nSPS) is 24.4. The van der Waals surface area contributed by atoms with E-state index in [1.807, 2.05) is 6.92 Å². The fourth-order valence-electron chi connectivity index (χ4n) is 2.81. The minimum atomic E-state index is -0.854. The van der Waals surface area contributed by atoms with Gasteiger partial charge in [0.25, 0.3) is 0 Å². The molecule has 0 aromatic carbocycles. The van der Waals surface area contributed by atoms with Crippen molar-refractivity contribution in [2.75, 3.05) is 39.3 Å². The zero-order chi connectivity index (χ0) is 15.2. The number of esters is 1. The molecule has 2 atom stereocenters. The monoisotopic (exact) mass is 285 g/mol. The first kappa shape index (κ1) is 17.4. The van der Waals surface area contributed by atoms with Crippen molar-refractivity contribution in [2.24, 2.45) is 5.73 Å². The van der Waals surface area contributed by atoms with E-state index in [9.17, 15) is 4.79 Å². The van der Waals surface area contributed by atoms with Gasteiger partial charge >= 0.3 is 5.97 Å². The van der Waals surface area contributed by atoms with Gasteiger partial charge in [-0.05, 0) is 46.7 Å². The molecule has 0 aromatic rings. The summed E-state index contributed by atoms with van der Waals surface area (Å²) in [6.45, 7) is 13.9. The van der Waals surface area contributed by atoms with Crippen molar-refractivity contribution in [1.82, 2.24) is 9.80 Å². The lowest BCUT2D eigenvalue weighted by molar-refractivity contribution is -0.149. The number of piperazine rings is 1. The minimum Gasteiger partial charge on any atom is -0.465 e. The van der Waals surface area contributed by atoms with Crippen molar-refractivity contribution in [2.45, 2.75) is 52.1 Å². The third kappa shape index (κ3) is 5.04. The summed E-state index contributed by atoms with van der Waals surface area (Å²) in [7, 11) is 0. The molecule has 1 aliphatic heterocycles. The van der Waals surface area contributed by atoms with Crippen LogP contribution in [-0.4, -0.2) is 66.7 Å². The summed E-state index contributed by atoms with van der Waals surface area (Å²) in [6.07, 6.45) is 1.61. The number of nitrogens with two attached hydrogens (primary N) is 1. The zero-order valence-corrected chi connectivity index (χ0v) is 13.5. The fourth-order valence-corrected chi connectivity index (χ4v) is 2.81. The van der Waals surface area contributed by atoms with Gasteiger partial charge in [-0.3, -0.25) is 9.69 Å². The molecule has 5 heteroatoms. The molecule has 1 saturated heterocycles. The molecule has 0 aliphatic carbocycles. The van der Waals surface area contributed by atoms with Gasteiger partial charge in [0.15, 0.2) is 0 Å². The molecule has 0 aromatic heterocycles. The van der Waals surface area contributed by atoms with Crippen molar-refractivity contribution in [3.63, 3.8) is 0 Å². The van der Waals surface area contributed by atoms with Crippen molar-refractivity contribution in [3.8, 4) is 0 Å². The van der Waals surface area contributed by atoms with Crippen LogP contribution in [-0.2, 0) is 9.53 Å². The molecule has 0 amide bonds. The molecule has 0 radical (unpaired) electrons. The highest BCUT2D eigenvalue weighted by Gasteiger charge is 2.30. The number of carbonyl (C=O) groups is 1. The predicted molar refractivity (Wildman–Crippen MR) is 81.6 cm³/mol. The van der Waals surface area contributed by atoms with Crippen LogP contribution in [0, 0.1) is 0 Å². The van der Waals surface area contributed by atoms with Gasteiger partial charge in [0, 0.05) is 25.7 Å². The van der Waals surface area contributed by atoms with Crippen molar-refractivity contribution in [1.29, 1.82) is 0 Å². The van der Waals surface area contributed by atoms with Gasteiger partial charge in [-0.2, -0.15) is 0 Å². The number of hydrogen-bond donors (Lipinski definition) is 1. The average Bonchev–Trinajstić information content (AvgIpc) is 2.39. The molecular formula is C15H31N3O2. The highest BCUT2D eigenvalue weighted by Crippen LogP contribution is 2.14. The van der Waals surface area contributed by atoms with Crippen LogP contribution in [0.5, 0.6) is 0 Å². The number of likely N-dealkylation sites (N-methyl/N-ethyl adjacent to an activating group) is 1. The maximum absolute atomic E-state index is 11.7. The van der Waals surface area contributed by atoms with Crippen LogP contribution in [0.3, 0.4) is 0 Å². The second kappa shape index (κ2) is 7.96. The molecule has 118 valence electrons. The van der Waals surface area contributed by atoms with Gasteiger partial charge < -0.3 is 15.4 Å². The summed E-state index contributed by atoms with van der Waals surface area (Å²) in [4.78, 5) is 16.7. The highest BCUT2D eigenvalue weighted by atomic mass is 16.5. The first-order valence-electron chi connectivity index (χ1n) is 7.83. The standard InChI is InChI=1S/C15H31N3O2/c1-5-18-11-10-17(12-13(18)3)9-7-8-15(4,16)14(19)20-6-2/h13H,5-12,16H2,1-4H3. The SMILES string of the molecule is CCOC(=O)C(C)(N)CCCN1CCN(CC)C(C)C1. The maximum Gasteiger partial charge on any atom is 0.325 e.